The molecule has 1 aromatic carbocycles. The third-order valence-electron chi connectivity index (χ3n) is 3.55. The minimum absolute atomic E-state index is 0.215. The fourth-order valence-corrected chi connectivity index (χ4v) is 3.37. The number of benzene rings is 1. The molecule has 2 heterocycles. The van der Waals surface area contributed by atoms with Gasteiger partial charge >= 0.3 is 6.18 Å². The van der Waals surface area contributed by atoms with Crippen molar-refractivity contribution in [3.05, 3.63) is 29.3 Å². The summed E-state index contributed by atoms with van der Waals surface area (Å²) in [6, 6.07) is 6.47. The molecule has 1 unspecified atom stereocenters. The van der Waals surface area contributed by atoms with Crippen molar-refractivity contribution < 1.29 is 27.9 Å². The van der Waals surface area contributed by atoms with Crippen molar-refractivity contribution in [2.75, 3.05) is 13.2 Å². The van der Waals surface area contributed by atoms with Crippen LogP contribution in [0.2, 0.25) is 0 Å². The number of fused-ring (bicyclic) bond motifs is 1. The van der Waals surface area contributed by atoms with E-state index in [-0.39, 0.29) is 13.2 Å². The minimum Gasteiger partial charge on any atom is -0.374 e. The molecule has 1 amide bonds. The maximum atomic E-state index is 13.5. The second-order valence-corrected chi connectivity index (χ2v) is 6.23. The topological polar surface area (TPSA) is 62.7 Å². The van der Waals surface area contributed by atoms with Crippen LogP contribution in [0.5, 0.6) is 0 Å². The first kappa shape index (κ1) is 16.2. The Morgan fingerprint density at radius 1 is 1.39 bits per heavy atom. The number of carbonyl (C=O) groups excluding carboxylic acids is 1. The maximum absolute atomic E-state index is 13.5. The van der Waals surface area contributed by atoms with Crippen molar-refractivity contribution in [3.8, 4) is 0 Å². The zero-order valence-corrected chi connectivity index (χ0v) is 12.7. The first-order valence-corrected chi connectivity index (χ1v) is 7.71. The number of rotatable bonds is 3. The Morgan fingerprint density at radius 3 is 2.74 bits per heavy atom. The molecule has 1 aliphatic heterocycles. The molecule has 1 atom stereocenters. The monoisotopic (exact) mass is 346 g/mol. The van der Waals surface area contributed by atoms with Crippen molar-refractivity contribution >= 4 is 27.5 Å². The quantitative estimate of drug-likeness (QED) is 0.928. The second-order valence-electron chi connectivity index (χ2n) is 5.20. The van der Waals surface area contributed by atoms with Gasteiger partial charge in [-0.05, 0) is 18.6 Å². The maximum Gasteiger partial charge on any atom is 0.424 e. The molecule has 1 fully saturated rings. The number of halogens is 3. The van der Waals surface area contributed by atoms with Crippen LogP contribution >= 0.6 is 11.3 Å². The number of hydrogen-bond donors (Lipinski definition) is 1. The van der Waals surface area contributed by atoms with Gasteiger partial charge in [-0.2, -0.15) is 13.2 Å². The van der Waals surface area contributed by atoms with Gasteiger partial charge in [-0.15, -0.1) is 11.3 Å². The molecule has 1 aromatic heterocycles. The minimum atomic E-state index is -5.03. The average molecular weight is 346 g/mol. The number of aromatic nitrogens is 1. The first-order valence-electron chi connectivity index (χ1n) is 6.90. The summed E-state index contributed by atoms with van der Waals surface area (Å²) in [7, 11) is 0. The lowest BCUT2D eigenvalue weighted by molar-refractivity contribution is -0.270. The highest BCUT2D eigenvalue weighted by Gasteiger charge is 2.58. The van der Waals surface area contributed by atoms with Crippen LogP contribution in [0, 0.1) is 0 Å². The van der Waals surface area contributed by atoms with Crippen molar-refractivity contribution in [1.82, 2.24) is 10.0 Å². The van der Waals surface area contributed by atoms with Crippen molar-refractivity contribution in [1.29, 1.82) is 0 Å². The Morgan fingerprint density at radius 2 is 2.13 bits per heavy atom. The van der Waals surface area contributed by atoms with Crippen LogP contribution in [0.4, 0.5) is 13.2 Å². The summed E-state index contributed by atoms with van der Waals surface area (Å²) in [4.78, 5) is 20.8. The highest BCUT2D eigenvalue weighted by molar-refractivity contribution is 7.18. The zero-order chi connectivity index (χ0) is 16.7. The molecule has 0 bridgehead atoms. The normalized spacial score (nSPS) is 18.3. The number of carbonyl (C=O) groups is 1. The Bertz CT molecular complexity index is 694. The smallest absolute Gasteiger partial charge is 0.374 e. The Kier molecular flexibility index (Phi) is 4.03. The van der Waals surface area contributed by atoms with Gasteiger partial charge in [0.15, 0.2) is 0 Å². The van der Waals surface area contributed by atoms with Crippen molar-refractivity contribution in [2.24, 2.45) is 0 Å². The van der Waals surface area contributed by atoms with E-state index in [1.165, 1.54) is 0 Å². The van der Waals surface area contributed by atoms with Crippen LogP contribution in [-0.2, 0) is 15.2 Å². The Balaban J connectivity index is 1.97. The molecular weight excluding hydrogens is 333 g/mol. The van der Waals surface area contributed by atoms with Crippen LogP contribution in [0.1, 0.15) is 17.8 Å². The lowest BCUT2D eigenvalue weighted by Gasteiger charge is -2.29. The van der Waals surface area contributed by atoms with E-state index in [4.69, 9.17) is 4.84 Å². The number of para-hydroxylation sites is 1. The fourth-order valence-electron chi connectivity index (χ4n) is 2.30. The van der Waals surface area contributed by atoms with E-state index >= 15 is 0 Å². The fraction of sp³-hybridized carbons (Fsp3) is 0.429. The standard InChI is InChI=1S/C14H13F3N2O3S/c15-14(16,17)13(21,8-11(20)19-6-3-7-22-19)12-18-9-4-1-2-5-10(9)23-12/h1-2,4-5,21H,3,6-8H2. The molecule has 5 nitrogen and oxygen atoms in total. The number of nitrogens with zero attached hydrogens (tertiary/aromatic N) is 2. The zero-order valence-electron chi connectivity index (χ0n) is 11.8. The highest BCUT2D eigenvalue weighted by Crippen LogP contribution is 2.44. The van der Waals surface area contributed by atoms with Crippen molar-refractivity contribution in [3.63, 3.8) is 0 Å². The Labute approximate surface area is 133 Å². The predicted molar refractivity (Wildman–Crippen MR) is 76.5 cm³/mol. The molecule has 2 aromatic rings. The van der Waals surface area contributed by atoms with E-state index < -0.39 is 29.1 Å². The first-order chi connectivity index (χ1) is 10.8. The number of aliphatic hydroxyl groups is 1. The number of hydrogen-bond acceptors (Lipinski definition) is 5. The molecule has 0 saturated carbocycles. The van der Waals surface area contributed by atoms with Crippen LogP contribution < -0.4 is 0 Å². The molecule has 0 aliphatic carbocycles. The molecule has 3 rings (SSSR count). The molecule has 1 aliphatic rings. The summed E-state index contributed by atoms with van der Waals surface area (Å²) in [5.74, 6) is -0.915. The van der Waals surface area contributed by atoms with Crippen LogP contribution in [0.15, 0.2) is 24.3 Å². The van der Waals surface area contributed by atoms with E-state index in [1.807, 2.05) is 0 Å². The van der Waals surface area contributed by atoms with Gasteiger partial charge in [0, 0.05) is 0 Å². The summed E-state index contributed by atoms with van der Waals surface area (Å²) in [5, 5.41) is 10.6. The van der Waals surface area contributed by atoms with Gasteiger partial charge in [-0.3, -0.25) is 9.63 Å². The Hall–Kier alpha value is -1.71. The number of alkyl halides is 3. The van der Waals surface area contributed by atoms with Gasteiger partial charge in [0.25, 0.3) is 0 Å². The third-order valence-corrected chi connectivity index (χ3v) is 4.74. The molecule has 23 heavy (non-hydrogen) atoms. The van der Waals surface area contributed by atoms with E-state index in [2.05, 4.69) is 4.98 Å². The highest BCUT2D eigenvalue weighted by atomic mass is 32.1. The van der Waals surface area contributed by atoms with Crippen LogP contribution in [0.3, 0.4) is 0 Å². The van der Waals surface area contributed by atoms with E-state index in [1.54, 1.807) is 24.3 Å². The van der Waals surface area contributed by atoms with E-state index in [0.717, 1.165) is 16.4 Å². The summed E-state index contributed by atoms with van der Waals surface area (Å²) in [5.41, 5.74) is -2.99. The molecule has 124 valence electrons. The third kappa shape index (κ3) is 2.91. The number of amides is 1. The van der Waals surface area contributed by atoms with Crippen LogP contribution in [0.25, 0.3) is 10.2 Å². The van der Waals surface area contributed by atoms with Gasteiger partial charge in [0.05, 0.1) is 29.8 Å². The van der Waals surface area contributed by atoms with E-state index in [9.17, 15) is 23.1 Å². The molecule has 1 N–H and O–H groups in total. The van der Waals surface area contributed by atoms with Crippen molar-refractivity contribution in [2.45, 2.75) is 24.6 Å². The van der Waals surface area contributed by atoms with E-state index in [0.29, 0.717) is 16.6 Å². The van der Waals surface area contributed by atoms with Crippen LogP contribution in [-0.4, -0.2) is 40.4 Å². The average Bonchev–Trinajstić information content (AvgIpc) is 3.15. The molecule has 0 spiro atoms. The SMILES string of the molecule is O=C(CC(O)(c1nc2ccccc2s1)C(F)(F)F)N1CCCO1. The van der Waals surface area contributed by atoms with Gasteiger partial charge in [-0.25, -0.2) is 10.0 Å². The molecule has 1 saturated heterocycles. The lowest BCUT2D eigenvalue weighted by atomic mass is 9.99. The summed E-state index contributed by atoms with van der Waals surface area (Å²) in [6.07, 6.45) is -5.64. The molecular formula is C14H13F3N2O3S. The summed E-state index contributed by atoms with van der Waals surface area (Å²) < 4.78 is 40.9. The lowest BCUT2D eigenvalue weighted by Crippen LogP contribution is -2.46. The molecule has 9 heteroatoms. The predicted octanol–water partition coefficient (Wildman–Crippen LogP) is 2.60. The van der Waals surface area contributed by atoms with Gasteiger partial charge in [-0.1, -0.05) is 12.1 Å². The van der Waals surface area contributed by atoms with Gasteiger partial charge in [0.2, 0.25) is 11.5 Å². The molecule has 0 radical (unpaired) electrons. The summed E-state index contributed by atoms with van der Waals surface area (Å²) in [6.45, 7) is 0.490. The number of hydroxylamine groups is 2. The largest absolute Gasteiger partial charge is 0.424 e. The second kappa shape index (κ2) is 5.73. The van der Waals surface area contributed by atoms with Gasteiger partial charge < -0.3 is 5.11 Å². The number of thiazole rings is 1. The van der Waals surface area contributed by atoms with Gasteiger partial charge in [0.1, 0.15) is 5.01 Å². The summed E-state index contributed by atoms with van der Waals surface area (Å²) >= 11 is 0.723.